The number of hydrogen-bond acceptors (Lipinski definition) is 3. The van der Waals surface area contributed by atoms with E-state index in [0.717, 1.165) is 33.5 Å². The predicted octanol–water partition coefficient (Wildman–Crippen LogP) is 5.31. The minimum atomic E-state index is 0.0687. The molecule has 2 aromatic rings. The van der Waals surface area contributed by atoms with Crippen LogP contribution in [0.1, 0.15) is 38.3 Å². The second-order valence-electron chi connectivity index (χ2n) is 6.42. The monoisotopic (exact) mass is 391 g/mol. The van der Waals surface area contributed by atoms with Gasteiger partial charge in [0.15, 0.2) is 11.5 Å². The third-order valence-electron chi connectivity index (χ3n) is 4.24. The van der Waals surface area contributed by atoms with Crippen molar-refractivity contribution in [1.29, 1.82) is 0 Å². The molecule has 0 aromatic heterocycles. The predicted molar refractivity (Wildman–Crippen MR) is 103 cm³/mol. The zero-order chi connectivity index (χ0) is 17.6. The molecule has 0 amide bonds. The molecule has 0 aliphatic carbocycles. The minimum absolute atomic E-state index is 0.0687. The Bertz CT molecular complexity index is 656. The molecule has 2 rings (SSSR count). The Hall–Kier alpha value is -1.52. The summed E-state index contributed by atoms with van der Waals surface area (Å²) in [5.74, 6) is 1.54. The van der Waals surface area contributed by atoms with Gasteiger partial charge in [0.1, 0.15) is 6.61 Å². The number of methoxy groups -OCH3 is 1. The molecule has 0 atom stereocenters. The van der Waals surface area contributed by atoms with E-state index in [-0.39, 0.29) is 5.54 Å². The van der Waals surface area contributed by atoms with Gasteiger partial charge in [0.25, 0.3) is 0 Å². The van der Waals surface area contributed by atoms with Gasteiger partial charge in [0.2, 0.25) is 0 Å². The lowest BCUT2D eigenvalue weighted by Crippen LogP contribution is -2.38. The van der Waals surface area contributed by atoms with Crippen LogP contribution in [0.25, 0.3) is 0 Å². The fourth-order valence-corrected chi connectivity index (χ4v) is 2.70. The second kappa shape index (κ2) is 8.54. The van der Waals surface area contributed by atoms with Gasteiger partial charge in [-0.05, 0) is 38.0 Å². The Kier molecular flexibility index (Phi) is 6.69. The molecule has 24 heavy (non-hydrogen) atoms. The van der Waals surface area contributed by atoms with Crippen molar-refractivity contribution >= 4 is 15.9 Å². The average Bonchev–Trinajstić information content (AvgIpc) is 2.60. The summed E-state index contributed by atoms with van der Waals surface area (Å²) in [5.41, 5.74) is 2.28. The summed E-state index contributed by atoms with van der Waals surface area (Å²) in [6.07, 6.45) is 1.05. The average molecular weight is 392 g/mol. The smallest absolute Gasteiger partial charge is 0.167 e. The lowest BCUT2D eigenvalue weighted by molar-refractivity contribution is 0.278. The van der Waals surface area contributed by atoms with Gasteiger partial charge in [-0.15, -0.1) is 0 Å². The second-order valence-corrected chi connectivity index (χ2v) is 7.28. The van der Waals surface area contributed by atoms with Crippen LogP contribution in [-0.2, 0) is 13.2 Å². The standard InChI is InChI=1S/C20H26BrNO2/c1-5-20(2,3)22-13-16-17(21)11-12-18(23-4)19(16)24-14-15-9-7-6-8-10-15/h6-12,22H,5,13-14H2,1-4H3. The van der Waals surface area contributed by atoms with Gasteiger partial charge in [-0.25, -0.2) is 0 Å². The Morgan fingerprint density at radius 2 is 1.79 bits per heavy atom. The summed E-state index contributed by atoms with van der Waals surface area (Å²) < 4.78 is 12.7. The fourth-order valence-electron chi connectivity index (χ4n) is 2.25. The van der Waals surface area contributed by atoms with Crippen LogP contribution in [-0.4, -0.2) is 12.6 Å². The van der Waals surface area contributed by atoms with E-state index in [9.17, 15) is 0 Å². The van der Waals surface area contributed by atoms with E-state index < -0.39 is 0 Å². The summed E-state index contributed by atoms with van der Waals surface area (Å²) in [7, 11) is 1.67. The molecule has 0 fully saturated rings. The molecule has 0 bridgehead atoms. The van der Waals surface area contributed by atoms with Gasteiger partial charge in [-0.1, -0.05) is 53.2 Å². The first-order chi connectivity index (χ1) is 11.5. The highest BCUT2D eigenvalue weighted by Crippen LogP contribution is 2.37. The number of benzene rings is 2. The van der Waals surface area contributed by atoms with Gasteiger partial charge in [-0.2, -0.15) is 0 Å². The lowest BCUT2D eigenvalue weighted by atomic mass is 10.0. The Morgan fingerprint density at radius 3 is 2.42 bits per heavy atom. The number of halogens is 1. The van der Waals surface area contributed by atoms with Gasteiger partial charge in [0.05, 0.1) is 7.11 Å². The normalized spacial score (nSPS) is 11.4. The molecule has 130 valence electrons. The molecule has 1 N–H and O–H groups in total. The maximum absolute atomic E-state index is 6.13. The molecule has 0 radical (unpaired) electrons. The van der Waals surface area contributed by atoms with Crippen molar-refractivity contribution in [2.24, 2.45) is 0 Å². The van der Waals surface area contributed by atoms with Crippen molar-refractivity contribution in [3.05, 3.63) is 58.1 Å². The Morgan fingerprint density at radius 1 is 1.08 bits per heavy atom. The fraction of sp³-hybridized carbons (Fsp3) is 0.400. The SMILES string of the molecule is CCC(C)(C)NCc1c(Br)ccc(OC)c1OCc1ccccc1. The van der Waals surface area contributed by atoms with Crippen molar-refractivity contribution in [2.45, 2.75) is 45.9 Å². The van der Waals surface area contributed by atoms with Crippen LogP contribution in [0.4, 0.5) is 0 Å². The molecule has 0 heterocycles. The molecule has 0 aliphatic heterocycles. The van der Waals surface area contributed by atoms with Crippen LogP contribution in [0.5, 0.6) is 11.5 Å². The lowest BCUT2D eigenvalue weighted by Gasteiger charge is -2.26. The molecule has 0 saturated heterocycles. The van der Waals surface area contributed by atoms with E-state index in [4.69, 9.17) is 9.47 Å². The van der Waals surface area contributed by atoms with E-state index in [1.54, 1.807) is 7.11 Å². The zero-order valence-electron chi connectivity index (χ0n) is 14.9. The number of ether oxygens (including phenoxy) is 2. The van der Waals surface area contributed by atoms with E-state index in [1.165, 1.54) is 0 Å². The highest BCUT2D eigenvalue weighted by atomic mass is 79.9. The molecular weight excluding hydrogens is 366 g/mol. The third-order valence-corrected chi connectivity index (χ3v) is 4.98. The van der Waals surface area contributed by atoms with Gasteiger partial charge >= 0.3 is 0 Å². The molecule has 4 heteroatoms. The van der Waals surface area contributed by atoms with E-state index >= 15 is 0 Å². The van der Waals surface area contributed by atoms with E-state index in [1.807, 2.05) is 30.3 Å². The first-order valence-electron chi connectivity index (χ1n) is 8.24. The summed E-state index contributed by atoms with van der Waals surface area (Å²) in [6.45, 7) is 7.80. The minimum Gasteiger partial charge on any atom is -0.493 e. The quantitative estimate of drug-likeness (QED) is 0.660. The molecule has 0 unspecified atom stereocenters. The Balaban J connectivity index is 2.24. The maximum Gasteiger partial charge on any atom is 0.167 e. The summed E-state index contributed by atoms with van der Waals surface area (Å²) in [6, 6.07) is 14.1. The maximum atomic E-state index is 6.13. The third kappa shape index (κ3) is 4.99. The molecule has 0 spiro atoms. The number of hydrogen-bond donors (Lipinski definition) is 1. The first-order valence-corrected chi connectivity index (χ1v) is 9.03. The summed E-state index contributed by atoms with van der Waals surface area (Å²) in [4.78, 5) is 0. The van der Waals surface area contributed by atoms with E-state index in [0.29, 0.717) is 13.2 Å². The van der Waals surface area contributed by atoms with Crippen molar-refractivity contribution in [2.75, 3.05) is 7.11 Å². The van der Waals surface area contributed by atoms with Crippen molar-refractivity contribution in [3.8, 4) is 11.5 Å². The molecule has 0 saturated carbocycles. The van der Waals surface area contributed by atoms with Crippen molar-refractivity contribution in [1.82, 2.24) is 5.32 Å². The molecule has 2 aromatic carbocycles. The highest BCUT2D eigenvalue weighted by Gasteiger charge is 2.19. The Labute approximate surface area is 153 Å². The van der Waals surface area contributed by atoms with Crippen molar-refractivity contribution < 1.29 is 9.47 Å². The number of nitrogens with one attached hydrogen (secondary N) is 1. The van der Waals surface area contributed by atoms with Crippen LogP contribution < -0.4 is 14.8 Å². The first kappa shape index (κ1) is 18.8. The largest absolute Gasteiger partial charge is 0.493 e. The highest BCUT2D eigenvalue weighted by molar-refractivity contribution is 9.10. The zero-order valence-corrected chi connectivity index (χ0v) is 16.4. The topological polar surface area (TPSA) is 30.5 Å². The van der Waals surface area contributed by atoms with Crippen LogP contribution in [0.3, 0.4) is 0 Å². The van der Waals surface area contributed by atoms with Gasteiger partial charge in [0, 0.05) is 22.1 Å². The molecule has 3 nitrogen and oxygen atoms in total. The summed E-state index contributed by atoms with van der Waals surface area (Å²) >= 11 is 3.65. The number of rotatable bonds is 8. The summed E-state index contributed by atoms with van der Waals surface area (Å²) in [5, 5.41) is 3.59. The van der Waals surface area contributed by atoms with Crippen molar-refractivity contribution in [3.63, 3.8) is 0 Å². The van der Waals surface area contributed by atoms with Gasteiger partial charge in [-0.3, -0.25) is 0 Å². The molecular formula is C20H26BrNO2. The van der Waals surface area contributed by atoms with Crippen LogP contribution in [0, 0.1) is 0 Å². The van der Waals surface area contributed by atoms with Crippen LogP contribution >= 0.6 is 15.9 Å². The van der Waals surface area contributed by atoms with Crippen LogP contribution in [0.2, 0.25) is 0 Å². The van der Waals surface area contributed by atoms with Gasteiger partial charge < -0.3 is 14.8 Å². The van der Waals surface area contributed by atoms with Crippen LogP contribution in [0.15, 0.2) is 46.9 Å². The van der Waals surface area contributed by atoms with E-state index in [2.05, 4.69) is 54.2 Å². The molecule has 0 aliphatic rings.